The molecule has 15 heavy (non-hydrogen) atoms. The van der Waals surface area contributed by atoms with Crippen molar-refractivity contribution in [2.24, 2.45) is 23.5 Å². The van der Waals surface area contributed by atoms with E-state index in [0.29, 0.717) is 0 Å². The molecule has 2 rings (SSSR count). The molecular weight excluding hydrogens is 184 g/mol. The molecular formula is C13H26N2. The van der Waals surface area contributed by atoms with Crippen molar-refractivity contribution in [1.82, 2.24) is 4.90 Å². The van der Waals surface area contributed by atoms with Crippen molar-refractivity contribution in [3.05, 3.63) is 0 Å². The van der Waals surface area contributed by atoms with Crippen LogP contribution in [0.15, 0.2) is 0 Å². The molecule has 0 aromatic rings. The van der Waals surface area contributed by atoms with Gasteiger partial charge in [-0.1, -0.05) is 13.3 Å². The molecule has 0 radical (unpaired) electrons. The highest BCUT2D eigenvalue weighted by Gasteiger charge is 2.39. The molecule has 88 valence electrons. The molecule has 0 aromatic heterocycles. The molecule has 2 nitrogen and oxygen atoms in total. The van der Waals surface area contributed by atoms with Crippen molar-refractivity contribution >= 4 is 0 Å². The van der Waals surface area contributed by atoms with Gasteiger partial charge in [-0.25, -0.2) is 0 Å². The lowest BCUT2D eigenvalue weighted by molar-refractivity contribution is 0.196. The summed E-state index contributed by atoms with van der Waals surface area (Å²) >= 11 is 0. The Balaban J connectivity index is 1.74. The van der Waals surface area contributed by atoms with Crippen molar-refractivity contribution in [2.45, 2.75) is 39.0 Å². The van der Waals surface area contributed by atoms with Crippen LogP contribution < -0.4 is 5.73 Å². The molecule has 2 saturated carbocycles. The summed E-state index contributed by atoms with van der Waals surface area (Å²) in [5.74, 6) is 3.18. The zero-order valence-corrected chi connectivity index (χ0v) is 10.1. The number of nitrogens with zero attached hydrogens (tertiary/aromatic N) is 1. The van der Waals surface area contributed by atoms with Crippen LogP contribution in [0.5, 0.6) is 0 Å². The second-order valence-electron chi connectivity index (χ2n) is 5.47. The van der Waals surface area contributed by atoms with Gasteiger partial charge < -0.3 is 10.6 Å². The van der Waals surface area contributed by atoms with Gasteiger partial charge in [0.2, 0.25) is 0 Å². The molecule has 0 heterocycles. The number of nitrogens with two attached hydrogens (primary N) is 1. The minimum absolute atomic E-state index is 0.840. The summed E-state index contributed by atoms with van der Waals surface area (Å²) < 4.78 is 0. The Hall–Kier alpha value is -0.0800. The molecule has 2 aliphatic carbocycles. The van der Waals surface area contributed by atoms with Crippen LogP contribution in [0.25, 0.3) is 0 Å². The highest BCUT2D eigenvalue weighted by atomic mass is 15.1. The van der Waals surface area contributed by atoms with Gasteiger partial charge in [-0.05, 0) is 63.1 Å². The summed E-state index contributed by atoms with van der Waals surface area (Å²) in [4.78, 5) is 2.61. The van der Waals surface area contributed by atoms with E-state index >= 15 is 0 Å². The molecule has 0 saturated heterocycles. The Morgan fingerprint density at radius 2 is 2.13 bits per heavy atom. The van der Waals surface area contributed by atoms with Crippen LogP contribution in [-0.4, -0.2) is 31.1 Å². The molecule has 2 bridgehead atoms. The Morgan fingerprint density at radius 1 is 1.27 bits per heavy atom. The predicted molar refractivity (Wildman–Crippen MR) is 64.7 cm³/mol. The maximum atomic E-state index is 5.57. The van der Waals surface area contributed by atoms with E-state index in [1.807, 2.05) is 0 Å². The minimum Gasteiger partial charge on any atom is -0.330 e. The Labute approximate surface area is 94.2 Å². The summed E-state index contributed by atoms with van der Waals surface area (Å²) in [7, 11) is 0. The zero-order chi connectivity index (χ0) is 10.7. The first-order valence-electron chi connectivity index (χ1n) is 6.76. The Morgan fingerprint density at radius 3 is 2.67 bits per heavy atom. The SMILES string of the molecule is CCN(CCCN)CC1CC2CCC1C2. The van der Waals surface area contributed by atoms with Crippen molar-refractivity contribution in [3.63, 3.8) is 0 Å². The molecule has 0 aliphatic heterocycles. The lowest BCUT2D eigenvalue weighted by Gasteiger charge is -2.29. The normalized spacial score (nSPS) is 34.2. The number of hydrogen-bond acceptors (Lipinski definition) is 2. The predicted octanol–water partition coefficient (Wildman–Crippen LogP) is 2.09. The average Bonchev–Trinajstić information content (AvgIpc) is 2.85. The lowest BCUT2D eigenvalue weighted by atomic mass is 9.88. The highest BCUT2D eigenvalue weighted by molar-refractivity contribution is 4.91. The van der Waals surface area contributed by atoms with E-state index in [9.17, 15) is 0 Å². The van der Waals surface area contributed by atoms with Gasteiger partial charge in [0.05, 0.1) is 0 Å². The maximum Gasteiger partial charge on any atom is 0.00123 e. The van der Waals surface area contributed by atoms with Gasteiger partial charge in [0, 0.05) is 6.54 Å². The van der Waals surface area contributed by atoms with Crippen LogP contribution in [0, 0.1) is 17.8 Å². The van der Waals surface area contributed by atoms with Gasteiger partial charge in [0.25, 0.3) is 0 Å². The van der Waals surface area contributed by atoms with Crippen LogP contribution in [0.2, 0.25) is 0 Å². The van der Waals surface area contributed by atoms with Crippen molar-refractivity contribution in [3.8, 4) is 0 Å². The highest BCUT2D eigenvalue weighted by Crippen LogP contribution is 2.48. The molecule has 2 aliphatic rings. The second-order valence-corrected chi connectivity index (χ2v) is 5.47. The fourth-order valence-electron chi connectivity index (χ4n) is 3.63. The first-order chi connectivity index (χ1) is 7.33. The first kappa shape index (κ1) is 11.4. The zero-order valence-electron chi connectivity index (χ0n) is 10.1. The Kier molecular flexibility index (Phi) is 4.04. The van der Waals surface area contributed by atoms with Crippen LogP contribution in [0.1, 0.15) is 39.0 Å². The third-order valence-electron chi connectivity index (χ3n) is 4.50. The van der Waals surface area contributed by atoms with E-state index in [4.69, 9.17) is 5.73 Å². The van der Waals surface area contributed by atoms with Crippen LogP contribution in [0.3, 0.4) is 0 Å². The molecule has 3 unspecified atom stereocenters. The van der Waals surface area contributed by atoms with Crippen molar-refractivity contribution in [2.75, 3.05) is 26.2 Å². The van der Waals surface area contributed by atoms with E-state index in [2.05, 4.69) is 11.8 Å². The summed E-state index contributed by atoms with van der Waals surface area (Å²) in [6, 6.07) is 0. The second kappa shape index (κ2) is 5.31. The fraction of sp³-hybridized carbons (Fsp3) is 1.00. The smallest absolute Gasteiger partial charge is 0.00123 e. The van der Waals surface area contributed by atoms with E-state index in [1.54, 1.807) is 6.42 Å². The summed E-state index contributed by atoms with van der Waals surface area (Å²) in [5.41, 5.74) is 5.57. The molecule has 0 aromatic carbocycles. The summed E-state index contributed by atoms with van der Waals surface area (Å²) in [6.45, 7) is 6.88. The van der Waals surface area contributed by atoms with E-state index in [1.165, 1.54) is 38.9 Å². The van der Waals surface area contributed by atoms with E-state index < -0.39 is 0 Å². The van der Waals surface area contributed by atoms with Gasteiger partial charge in [0.15, 0.2) is 0 Å². The van der Waals surface area contributed by atoms with Gasteiger partial charge >= 0.3 is 0 Å². The molecule has 0 spiro atoms. The molecule has 3 atom stereocenters. The topological polar surface area (TPSA) is 29.3 Å². The van der Waals surface area contributed by atoms with Crippen LogP contribution in [0.4, 0.5) is 0 Å². The largest absolute Gasteiger partial charge is 0.330 e. The fourth-order valence-corrected chi connectivity index (χ4v) is 3.63. The van der Waals surface area contributed by atoms with Gasteiger partial charge in [-0.2, -0.15) is 0 Å². The lowest BCUT2D eigenvalue weighted by Crippen LogP contribution is -2.33. The standard InChI is InChI=1S/C13H26N2/c1-2-15(7-3-6-14)10-13-9-11-4-5-12(13)8-11/h11-13H,2-10,14H2,1H3. The minimum atomic E-state index is 0.840. The monoisotopic (exact) mass is 210 g/mol. The van der Waals surface area contributed by atoms with Crippen LogP contribution >= 0.6 is 0 Å². The molecule has 2 N–H and O–H groups in total. The maximum absolute atomic E-state index is 5.57. The van der Waals surface area contributed by atoms with Gasteiger partial charge in [-0.15, -0.1) is 0 Å². The van der Waals surface area contributed by atoms with E-state index in [0.717, 1.165) is 30.7 Å². The van der Waals surface area contributed by atoms with Gasteiger partial charge in [0.1, 0.15) is 0 Å². The molecule has 2 fully saturated rings. The number of rotatable bonds is 6. The first-order valence-corrected chi connectivity index (χ1v) is 6.76. The third-order valence-corrected chi connectivity index (χ3v) is 4.50. The summed E-state index contributed by atoms with van der Waals surface area (Å²) in [6.07, 6.45) is 7.26. The van der Waals surface area contributed by atoms with E-state index in [-0.39, 0.29) is 0 Å². The number of hydrogen-bond donors (Lipinski definition) is 1. The summed E-state index contributed by atoms with van der Waals surface area (Å²) in [5, 5.41) is 0. The third kappa shape index (κ3) is 2.73. The molecule has 0 amide bonds. The van der Waals surface area contributed by atoms with Gasteiger partial charge in [-0.3, -0.25) is 0 Å². The van der Waals surface area contributed by atoms with Crippen LogP contribution in [-0.2, 0) is 0 Å². The average molecular weight is 210 g/mol. The van der Waals surface area contributed by atoms with Crippen molar-refractivity contribution < 1.29 is 0 Å². The molecule has 2 heteroatoms. The quantitative estimate of drug-likeness (QED) is 0.727. The number of fused-ring (bicyclic) bond motifs is 2. The van der Waals surface area contributed by atoms with Crippen molar-refractivity contribution in [1.29, 1.82) is 0 Å². The Bertz CT molecular complexity index is 193.